The zero-order valence-corrected chi connectivity index (χ0v) is 11.1. The van der Waals surface area contributed by atoms with Crippen LogP contribution in [0.4, 0.5) is 13.2 Å². The van der Waals surface area contributed by atoms with Crippen LogP contribution in [0.3, 0.4) is 0 Å². The second-order valence-electron chi connectivity index (χ2n) is 2.83. The summed E-state index contributed by atoms with van der Waals surface area (Å²) >= 11 is 5.84. The van der Waals surface area contributed by atoms with Crippen molar-refractivity contribution in [2.24, 2.45) is 0 Å². The number of halogens is 5. The summed E-state index contributed by atoms with van der Waals surface area (Å²) in [6.07, 6.45) is -5.56. The monoisotopic (exact) mass is 377 g/mol. The molecule has 9 heteroatoms. The first-order chi connectivity index (χ1) is 7.69. The number of carbonyl (C=O) groups is 1. The Morgan fingerprint density at radius 2 is 2.06 bits per heavy atom. The Kier molecular flexibility index (Phi) is 4.36. The standard InChI is InChI=1S/C8H4Br2F3NO3/c9-4-2-5(10)14-7(17-8(11,12)13)3(4)1-6(15)16/h2H,1H2,(H,15,16). The molecule has 1 aromatic heterocycles. The molecule has 0 amide bonds. The predicted molar refractivity (Wildman–Crippen MR) is 57.7 cm³/mol. The van der Waals surface area contributed by atoms with Crippen molar-refractivity contribution < 1.29 is 27.8 Å². The van der Waals surface area contributed by atoms with E-state index in [2.05, 4.69) is 41.6 Å². The number of rotatable bonds is 3. The van der Waals surface area contributed by atoms with Gasteiger partial charge in [-0.1, -0.05) is 15.9 Å². The largest absolute Gasteiger partial charge is 0.574 e. The summed E-state index contributed by atoms with van der Waals surface area (Å²) < 4.78 is 40.2. The second kappa shape index (κ2) is 5.21. The molecule has 0 bridgehead atoms. The number of hydrogen-bond acceptors (Lipinski definition) is 3. The zero-order valence-electron chi connectivity index (χ0n) is 7.89. The smallest absolute Gasteiger partial charge is 0.481 e. The van der Waals surface area contributed by atoms with Crippen LogP contribution in [0.25, 0.3) is 0 Å². The molecular formula is C8H4Br2F3NO3. The quantitative estimate of drug-likeness (QED) is 0.821. The summed E-state index contributed by atoms with van der Waals surface area (Å²) in [4.78, 5) is 14.0. The number of aliphatic carboxylic acids is 1. The third kappa shape index (κ3) is 4.50. The lowest BCUT2D eigenvalue weighted by atomic mass is 10.2. The molecule has 0 radical (unpaired) electrons. The molecule has 0 aliphatic heterocycles. The molecular weight excluding hydrogens is 375 g/mol. The Morgan fingerprint density at radius 1 is 1.47 bits per heavy atom. The molecule has 17 heavy (non-hydrogen) atoms. The highest BCUT2D eigenvalue weighted by Crippen LogP contribution is 2.32. The molecule has 1 rings (SSSR count). The second-order valence-corrected chi connectivity index (χ2v) is 4.50. The average Bonchev–Trinajstić information content (AvgIpc) is 2.07. The van der Waals surface area contributed by atoms with E-state index in [0.717, 1.165) is 0 Å². The van der Waals surface area contributed by atoms with Crippen LogP contribution in [0.1, 0.15) is 5.56 Å². The van der Waals surface area contributed by atoms with Gasteiger partial charge in [0, 0.05) is 10.0 Å². The Balaban J connectivity index is 3.20. The number of nitrogens with zero attached hydrogens (tertiary/aromatic N) is 1. The first-order valence-corrected chi connectivity index (χ1v) is 5.60. The van der Waals surface area contributed by atoms with Crippen LogP contribution < -0.4 is 4.74 Å². The molecule has 0 spiro atoms. The molecule has 0 aromatic carbocycles. The van der Waals surface area contributed by atoms with Gasteiger partial charge in [-0.25, -0.2) is 4.98 Å². The summed E-state index contributed by atoms with van der Waals surface area (Å²) in [5, 5.41) is 8.59. The average molecular weight is 379 g/mol. The van der Waals surface area contributed by atoms with Crippen LogP contribution in [0.2, 0.25) is 0 Å². The van der Waals surface area contributed by atoms with E-state index >= 15 is 0 Å². The number of carboxylic acid groups (broad SMARTS) is 1. The fraction of sp³-hybridized carbons (Fsp3) is 0.250. The molecule has 0 saturated carbocycles. The van der Waals surface area contributed by atoms with E-state index < -0.39 is 24.6 Å². The lowest BCUT2D eigenvalue weighted by molar-refractivity contribution is -0.276. The van der Waals surface area contributed by atoms with Gasteiger partial charge in [0.25, 0.3) is 0 Å². The maximum atomic E-state index is 12.1. The normalized spacial score (nSPS) is 11.4. The molecule has 1 aromatic rings. The fourth-order valence-corrected chi connectivity index (χ4v) is 2.22. The van der Waals surface area contributed by atoms with Crippen molar-refractivity contribution in [1.82, 2.24) is 4.98 Å². The van der Waals surface area contributed by atoms with Gasteiger partial charge in [0.05, 0.1) is 6.42 Å². The van der Waals surface area contributed by atoms with Crippen LogP contribution >= 0.6 is 31.9 Å². The minimum Gasteiger partial charge on any atom is -0.481 e. The molecule has 1 heterocycles. The van der Waals surface area contributed by atoms with Gasteiger partial charge in [0.15, 0.2) is 0 Å². The van der Waals surface area contributed by atoms with Crippen LogP contribution in [0.15, 0.2) is 15.1 Å². The van der Waals surface area contributed by atoms with E-state index in [4.69, 9.17) is 5.11 Å². The Bertz CT molecular complexity index is 450. The lowest BCUT2D eigenvalue weighted by Gasteiger charge is -2.12. The van der Waals surface area contributed by atoms with Gasteiger partial charge in [-0.3, -0.25) is 4.79 Å². The summed E-state index contributed by atoms with van der Waals surface area (Å²) in [6, 6.07) is 1.33. The Labute approximate surface area is 110 Å². The van der Waals surface area contributed by atoms with Gasteiger partial charge in [0.1, 0.15) is 4.60 Å². The van der Waals surface area contributed by atoms with Gasteiger partial charge in [0.2, 0.25) is 5.88 Å². The van der Waals surface area contributed by atoms with E-state index in [9.17, 15) is 18.0 Å². The molecule has 94 valence electrons. The van der Waals surface area contributed by atoms with Crippen molar-refractivity contribution in [3.8, 4) is 5.88 Å². The number of carboxylic acids is 1. The fourth-order valence-electron chi connectivity index (χ4n) is 0.996. The van der Waals surface area contributed by atoms with E-state index in [1.165, 1.54) is 6.07 Å². The van der Waals surface area contributed by atoms with Crippen molar-refractivity contribution in [3.63, 3.8) is 0 Å². The molecule has 4 nitrogen and oxygen atoms in total. The maximum Gasteiger partial charge on any atom is 0.574 e. The highest BCUT2D eigenvalue weighted by atomic mass is 79.9. The highest BCUT2D eigenvalue weighted by molar-refractivity contribution is 9.11. The van der Waals surface area contributed by atoms with Gasteiger partial charge in [-0.05, 0) is 22.0 Å². The predicted octanol–water partition coefficient (Wildman–Crippen LogP) is 3.13. The minimum atomic E-state index is -4.93. The van der Waals surface area contributed by atoms with Crippen molar-refractivity contribution in [2.45, 2.75) is 12.8 Å². The zero-order chi connectivity index (χ0) is 13.2. The van der Waals surface area contributed by atoms with Gasteiger partial charge in [-0.2, -0.15) is 0 Å². The third-order valence-corrected chi connectivity index (χ3v) is 2.65. The third-order valence-electron chi connectivity index (χ3n) is 1.54. The summed E-state index contributed by atoms with van der Waals surface area (Å²) in [5.41, 5.74) is -0.182. The molecule has 0 atom stereocenters. The summed E-state index contributed by atoms with van der Waals surface area (Å²) in [7, 11) is 0. The van der Waals surface area contributed by atoms with E-state index in [1.54, 1.807) is 0 Å². The van der Waals surface area contributed by atoms with Crippen molar-refractivity contribution in [1.29, 1.82) is 0 Å². The topological polar surface area (TPSA) is 59.4 Å². The Hall–Kier alpha value is -0.830. The van der Waals surface area contributed by atoms with Crippen LogP contribution in [0, 0.1) is 0 Å². The highest BCUT2D eigenvalue weighted by Gasteiger charge is 2.33. The lowest BCUT2D eigenvalue weighted by Crippen LogP contribution is -2.20. The SMILES string of the molecule is O=C(O)Cc1c(Br)cc(Br)nc1OC(F)(F)F. The molecule has 0 aliphatic carbocycles. The maximum absolute atomic E-state index is 12.1. The number of ether oxygens (including phenoxy) is 1. The van der Waals surface area contributed by atoms with Crippen molar-refractivity contribution in [3.05, 3.63) is 20.7 Å². The van der Waals surface area contributed by atoms with E-state index in [1.807, 2.05) is 0 Å². The summed E-state index contributed by atoms with van der Waals surface area (Å²) in [5.74, 6) is -2.08. The van der Waals surface area contributed by atoms with E-state index in [0.29, 0.717) is 0 Å². The molecule has 0 unspecified atom stereocenters. The first kappa shape index (κ1) is 14.2. The van der Waals surface area contributed by atoms with E-state index in [-0.39, 0.29) is 14.6 Å². The molecule has 0 fully saturated rings. The van der Waals surface area contributed by atoms with Gasteiger partial charge < -0.3 is 9.84 Å². The minimum absolute atomic E-state index is 0.0952. The summed E-state index contributed by atoms with van der Waals surface area (Å²) in [6.45, 7) is 0. The van der Waals surface area contributed by atoms with Crippen LogP contribution in [-0.4, -0.2) is 22.4 Å². The van der Waals surface area contributed by atoms with Crippen LogP contribution in [-0.2, 0) is 11.2 Å². The first-order valence-electron chi connectivity index (χ1n) is 4.01. The van der Waals surface area contributed by atoms with Gasteiger partial charge >= 0.3 is 12.3 Å². The number of alkyl halides is 3. The molecule has 1 N–H and O–H groups in total. The van der Waals surface area contributed by atoms with Crippen LogP contribution in [0.5, 0.6) is 5.88 Å². The van der Waals surface area contributed by atoms with Gasteiger partial charge in [-0.15, -0.1) is 13.2 Å². The molecule has 0 aliphatic rings. The number of pyridine rings is 1. The number of hydrogen-bond donors (Lipinski definition) is 1. The van der Waals surface area contributed by atoms with Crippen molar-refractivity contribution >= 4 is 37.8 Å². The number of aromatic nitrogens is 1. The Morgan fingerprint density at radius 3 is 2.53 bits per heavy atom. The molecule has 0 saturated heterocycles. The van der Waals surface area contributed by atoms with Crippen molar-refractivity contribution in [2.75, 3.05) is 0 Å².